The molecule has 30 heavy (non-hydrogen) atoms. The molecule has 156 valence electrons. The summed E-state index contributed by atoms with van der Waals surface area (Å²) in [6.45, 7) is 1.06. The van der Waals surface area contributed by atoms with Gasteiger partial charge < -0.3 is 15.3 Å². The molecule has 0 saturated heterocycles. The first-order valence-corrected chi connectivity index (χ1v) is 8.73. The number of carbonyl (C=O) groups is 2. The number of benzene rings is 2. The molecule has 0 aliphatic rings. The summed E-state index contributed by atoms with van der Waals surface area (Å²) >= 11 is 5.60. The quantitative estimate of drug-likeness (QED) is 0.408. The number of nitrogens with one attached hydrogen (secondary N) is 3. The SMILES string of the molecule is CC(=O)C(N=Nc1ccc(Cl)cc1C(F)(F)F)C(=O)Nc1ccc2[nH]c(=O)[nH]c2c1. The fourth-order valence-corrected chi connectivity index (χ4v) is 2.75. The van der Waals surface area contributed by atoms with Crippen molar-refractivity contribution in [2.45, 2.75) is 19.1 Å². The molecule has 3 N–H and O–H groups in total. The van der Waals surface area contributed by atoms with E-state index in [0.29, 0.717) is 17.1 Å². The van der Waals surface area contributed by atoms with Gasteiger partial charge in [-0.2, -0.15) is 23.4 Å². The van der Waals surface area contributed by atoms with E-state index in [1.54, 1.807) is 0 Å². The van der Waals surface area contributed by atoms with Crippen LogP contribution >= 0.6 is 11.6 Å². The van der Waals surface area contributed by atoms with E-state index in [0.717, 1.165) is 13.0 Å². The minimum atomic E-state index is -4.75. The van der Waals surface area contributed by atoms with Crippen molar-refractivity contribution in [1.29, 1.82) is 0 Å². The lowest BCUT2D eigenvalue weighted by Crippen LogP contribution is -2.31. The summed E-state index contributed by atoms with van der Waals surface area (Å²) < 4.78 is 39.5. The lowest BCUT2D eigenvalue weighted by molar-refractivity contribution is -0.137. The standard InChI is InChI=1S/C18H13ClF3N5O3/c1-8(28)15(27-26-12-4-2-9(19)6-11(12)18(20,21)22)16(29)23-10-3-5-13-14(7-10)25-17(30)24-13/h2-7,15H,1H3,(H,23,29)(H2,24,25,30). The highest BCUT2D eigenvalue weighted by Gasteiger charge is 2.34. The van der Waals surface area contributed by atoms with Gasteiger partial charge in [0.05, 0.1) is 22.3 Å². The van der Waals surface area contributed by atoms with Gasteiger partial charge in [0.25, 0.3) is 5.91 Å². The Bertz CT molecular complexity index is 1220. The summed E-state index contributed by atoms with van der Waals surface area (Å²) in [5.41, 5.74) is -1.02. The molecule has 0 radical (unpaired) electrons. The predicted molar refractivity (Wildman–Crippen MR) is 103 cm³/mol. The highest BCUT2D eigenvalue weighted by molar-refractivity contribution is 6.30. The van der Waals surface area contributed by atoms with Crippen molar-refractivity contribution in [2.24, 2.45) is 10.2 Å². The van der Waals surface area contributed by atoms with Crippen LogP contribution in [0.3, 0.4) is 0 Å². The van der Waals surface area contributed by atoms with Crippen LogP contribution < -0.4 is 11.0 Å². The number of amides is 1. The Balaban J connectivity index is 1.86. The highest BCUT2D eigenvalue weighted by atomic mass is 35.5. The number of hydrogen-bond acceptors (Lipinski definition) is 5. The molecule has 0 aliphatic carbocycles. The van der Waals surface area contributed by atoms with E-state index in [1.807, 2.05) is 0 Å². The first-order chi connectivity index (χ1) is 14.0. The molecule has 3 aromatic rings. The second-order valence-electron chi connectivity index (χ2n) is 6.22. The minimum Gasteiger partial charge on any atom is -0.324 e. The van der Waals surface area contributed by atoms with Crippen LogP contribution in [-0.2, 0) is 15.8 Å². The van der Waals surface area contributed by atoms with Gasteiger partial charge in [0.1, 0.15) is 0 Å². The monoisotopic (exact) mass is 439 g/mol. The van der Waals surface area contributed by atoms with Crippen LogP contribution in [-0.4, -0.2) is 27.7 Å². The second-order valence-corrected chi connectivity index (χ2v) is 6.65. The largest absolute Gasteiger partial charge is 0.418 e. The van der Waals surface area contributed by atoms with Crippen LogP contribution in [0.2, 0.25) is 5.02 Å². The number of imidazole rings is 1. The molecule has 1 unspecified atom stereocenters. The molecule has 0 spiro atoms. The summed E-state index contributed by atoms with van der Waals surface area (Å²) in [4.78, 5) is 40.6. The molecule has 1 heterocycles. The maximum Gasteiger partial charge on any atom is 0.418 e. The van der Waals surface area contributed by atoms with Crippen molar-refractivity contribution < 1.29 is 22.8 Å². The fraction of sp³-hybridized carbons (Fsp3) is 0.167. The van der Waals surface area contributed by atoms with E-state index in [-0.39, 0.29) is 10.7 Å². The summed E-state index contributed by atoms with van der Waals surface area (Å²) in [5.74, 6) is -1.62. The van der Waals surface area contributed by atoms with Crippen LogP contribution in [0.1, 0.15) is 12.5 Å². The number of aromatic amines is 2. The maximum absolute atomic E-state index is 13.2. The molecule has 8 nitrogen and oxygen atoms in total. The zero-order valence-electron chi connectivity index (χ0n) is 15.2. The molecule has 1 aromatic heterocycles. The van der Waals surface area contributed by atoms with E-state index >= 15 is 0 Å². The lowest BCUT2D eigenvalue weighted by Gasteiger charge is -2.11. The maximum atomic E-state index is 13.2. The van der Waals surface area contributed by atoms with Crippen molar-refractivity contribution in [3.05, 3.63) is 57.5 Å². The van der Waals surface area contributed by atoms with Gasteiger partial charge in [-0.1, -0.05) is 11.6 Å². The van der Waals surface area contributed by atoms with Crippen molar-refractivity contribution in [1.82, 2.24) is 9.97 Å². The smallest absolute Gasteiger partial charge is 0.324 e. The molecule has 2 aromatic carbocycles. The zero-order chi connectivity index (χ0) is 22.1. The number of halogens is 4. The number of anilines is 1. The second kappa shape index (κ2) is 8.11. The molecule has 1 amide bonds. The van der Waals surface area contributed by atoms with Gasteiger partial charge >= 0.3 is 11.9 Å². The first kappa shape index (κ1) is 21.2. The number of ketones is 1. The first-order valence-electron chi connectivity index (χ1n) is 8.35. The third-order valence-corrected chi connectivity index (χ3v) is 4.20. The van der Waals surface area contributed by atoms with Crippen LogP contribution in [0, 0.1) is 0 Å². The molecular weight excluding hydrogens is 427 g/mol. The van der Waals surface area contributed by atoms with Crippen LogP contribution in [0.15, 0.2) is 51.4 Å². The number of Topliss-reactive ketones (excluding diaryl/α,β-unsaturated/α-hetero) is 1. The number of hydrogen-bond donors (Lipinski definition) is 3. The van der Waals surface area contributed by atoms with Gasteiger partial charge in [-0.25, -0.2) is 4.79 Å². The number of nitrogens with zero attached hydrogens (tertiary/aromatic N) is 2. The molecule has 0 fully saturated rings. The zero-order valence-corrected chi connectivity index (χ0v) is 15.9. The van der Waals surface area contributed by atoms with E-state index in [9.17, 15) is 27.6 Å². The summed E-state index contributed by atoms with van der Waals surface area (Å²) in [6, 6.07) is 5.60. The van der Waals surface area contributed by atoms with Gasteiger partial charge in [-0.3, -0.25) is 9.59 Å². The molecule has 12 heteroatoms. The van der Waals surface area contributed by atoms with Gasteiger partial charge in [-0.15, -0.1) is 0 Å². The Morgan fingerprint density at radius 3 is 2.47 bits per heavy atom. The summed E-state index contributed by atoms with van der Waals surface area (Å²) in [6.07, 6.45) is -4.75. The highest BCUT2D eigenvalue weighted by Crippen LogP contribution is 2.38. The Labute approximate surface area is 171 Å². The topological polar surface area (TPSA) is 120 Å². The Morgan fingerprint density at radius 1 is 1.10 bits per heavy atom. The average molecular weight is 440 g/mol. The van der Waals surface area contributed by atoms with Crippen molar-refractivity contribution in [2.75, 3.05) is 5.32 Å². The Hall–Kier alpha value is -3.47. The van der Waals surface area contributed by atoms with E-state index in [4.69, 9.17) is 11.6 Å². The lowest BCUT2D eigenvalue weighted by atomic mass is 10.1. The number of fused-ring (bicyclic) bond motifs is 1. The predicted octanol–water partition coefficient (Wildman–Crippen LogP) is 4.21. The molecule has 1 atom stereocenters. The summed E-state index contributed by atoms with van der Waals surface area (Å²) in [5, 5.41) is 9.25. The third-order valence-electron chi connectivity index (χ3n) is 3.96. The van der Waals surface area contributed by atoms with Gasteiger partial charge in [0.15, 0.2) is 5.78 Å². The summed E-state index contributed by atoms with van der Waals surface area (Å²) in [7, 11) is 0. The molecular formula is C18H13ClF3N5O3. The minimum absolute atomic E-state index is 0.152. The molecule has 0 saturated carbocycles. The average Bonchev–Trinajstić information content (AvgIpc) is 3.01. The number of azo groups is 1. The van der Waals surface area contributed by atoms with E-state index in [1.165, 1.54) is 24.3 Å². The van der Waals surface area contributed by atoms with E-state index in [2.05, 4.69) is 25.5 Å². The van der Waals surface area contributed by atoms with Crippen molar-refractivity contribution in [3.63, 3.8) is 0 Å². The van der Waals surface area contributed by atoms with Gasteiger partial charge in [-0.05, 0) is 43.3 Å². The number of alkyl halides is 3. The fourth-order valence-electron chi connectivity index (χ4n) is 2.58. The molecule has 0 bridgehead atoms. The van der Waals surface area contributed by atoms with Crippen LogP contribution in [0.4, 0.5) is 24.5 Å². The number of aromatic nitrogens is 2. The molecule has 0 aliphatic heterocycles. The number of carbonyl (C=O) groups excluding carboxylic acids is 2. The Kier molecular flexibility index (Phi) is 5.74. The number of rotatable bonds is 5. The van der Waals surface area contributed by atoms with E-state index < -0.39 is 40.8 Å². The van der Waals surface area contributed by atoms with Crippen LogP contribution in [0.5, 0.6) is 0 Å². The van der Waals surface area contributed by atoms with Crippen molar-refractivity contribution >= 4 is 45.7 Å². The third kappa shape index (κ3) is 4.74. The number of H-pyrrole nitrogens is 2. The normalized spacial score (nSPS) is 13.0. The van der Waals surface area contributed by atoms with Gasteiger partial charge in [0, 0.05) is 10.7 Å². The van der Waals surface area contributed by atoms with Crippen molar-refractivity contribution in [3.8, 4) is 0 Å². The van der Waals surface area contributed by atoms with Crippen LogP contribution in [0.25, 0.3) is 11.0 Å². The Morgan fingerprint density at radius 2 is 1.80 bits per heavy atom. The molecule has 3 rings (SSSR count). The van der Waals surface area contributed by atoms with Gasteiger partial charge in [0.2, 0.25) is 6.04 Å².